The maximum atomic E-state index is 10.5. The van der Waals surface area contributed by atoms with Gasteiger partial charge in [-0.25, -0.2) is 4.79 Å². The molecular formula is C13H30N2O2. The molecule has 4 heteroatoms. The van der Waals surface area contributed by atoms with Crippen LogP contribution in [0.1, 0.15) is 58.3 Å². The molecule has 0 bridgehead atoms. The van der Waals surface area contributed by atoms with E-state index in [1.54, 1.807) is 7.05 Å². The Labute approximate surface area is 106 Å². The SMILES string of the molecule is CCCCCCCCCCN(C)C(=O)O.CN. The van der Waals surface area contributed by atoms with Crippen molar-refractivity contribution in [3.05, 3.63) is 0 Å². The molecule has 0 rings (SSSR count). The highest BCUT2D eigenvalue weighted by Crippen LogP contribution is 2.08. The predicted octanol–water partition coefficient (Wildman–Crippen LogP) is 3.31. The van der Waals surface area contributed by atoms with E-state index in [0.29, 0.717) is 6.54 Å². The topological polar surface area (TPSA) is 66.6 Å². The summed E-state index contributed by atoms with van der Waals surface area (Å²) in [4.78, 5) is 11.8. The van der Waals surface area contributed by atoms with Crippen LogP contribution in [-0.2, 0) is 0 Å². The van der Waals surface area contributed by atoms with Crippen LogP contribution in [0.5, 0.6) is 0 Å². The molecule has 0 aliphatic rings. The summed E-state index contributed by atoms with van der Waals surface area (Å²) < 4.78 is 0. The van der Waals surface area contributed by atoms with Crippen molar-refractivity contribution >= 4 is 6.09 Å². The summed E-state index contributed by atoms with van der Waals surface area (Å²) in [5.74, 6) is 0. The molecule has 104 valence electrons. The molecular weight excluding hydrogens is 216 g/mol. The van der Waals surface area contributed by atoms with Gasteiger partial charge in [-0.2, -0.15) is 0 Å². The lowest BCUT2D eigenvalue weighted by Crippen LogP contribution is -2.25. The largest absolute Gasteiger partial charge is 0.465 e. The fraction of sp³-hybridized carbons (Fsp3) is 0.923. The number of hydrogen-bond donors (Lipinski definition) is 2. The first-order valence-electron chi connectivity index (χ1n) is 6.70. The van der Waals surface area contributed by atoms with E-state index in [1.165, 1.54) is 50.5 Å². The van der Waals surface area contributed by atoms with E-state index in [4.69, 9.17) is 5.11 Å². The maximum Gasteiger partial charge on any atom is 0.407 e. The lowest BCUT2D eigenvalue weighted by atomic mass is 10.1. The average molecular weight is 246 g/mol. The molecule has 0 heterocycles. The van der Waals surface area contributed by atoms with Crippen LogP contribution in [0.4, 0.5) is 4.79 Å². The molecule has 0 fully saturated rings. The second-order valence-electron chi connectivity index (χ2n) is 4.18. The Kier molecular flexibility index (Phi) is 16.7. The fourth-order valence-corrected chi connectivity index (χ4v) is 1.58. The van der Waals surface area contributed by atoms with E-state index in [1.807, 2.05) is 0 Å². The molecule has 17 heavy (non-hydrogen) atoms. The number of unbranched alkanes of at least 4 members (excludes halogenated alkanes) is 7. The van der Waals surface area contributed by atoms with Gasteiger partial charge in [0.1, 0.15) is 0 Å². The smallest absolute Gasteiger partial charge is 0.407 e. The van der Waals surface area contributed by atoms with Crippen LogP contribution < -0.4 is 5.73 Å². The van der Waals surface area contributed by atoms with Crippen LogP contribution in [-0.4, -0.2) is 36.7 Å². The first-order valence-corrected chi connectivity index (χ1v) is 6.70. The third-order valence-electron chi connectivity index (χ3n) is 2.67. The van der Waals surface area contributed by atoms with Crippen LogP contribution in [0.3, 0.4) is 0 Å². The Balaban J connectivity index is 0. The molecule has 1 amide bonds. The number of hydrogen-bond acceptors (Lipinski definition) is 2. The Morgan fingerprint density at radius 3 is 1.82 bits per heavy atom. The summed E-state index contributed by atoms with van der Waals surface area (Å²) in [7, 11) is 3.13. The van der Waals surface area contributed by atoms with E-state index in [-0.39, 0.29) is 0 Å². The van der Waals surface area contributed by atoms with Crippen molar-refractivity contribution in [2.45, 2.75) is 58.3 Å². The summed E-state index contributed by atoms with van der Waals surface area (Å²) in [5.41, 5.74) is 4.50. The molecule has 0 aromatic heterocycles. The highest BCUT2D eigenvalue weighted by Gasteiger charge is 2.03. The zero-order valence-corrected chi connectivity index (χ0v) is 11.7. The second-order valence-corrected chi connectivity index (χ2v) is 4.18. The van der Waals surface area contributed by atoms with E-state index in [0.717, 1.165) is 12.8 Å². The summed E-state index contributed by atoms with van der Waals surface area (Å²) >= 11 is 0. The first-order chi connectivity index (χ1) is 8.18. The molecule has 0 aromatic carbocycles. The summed E-state index contributed by atoms with van der Waals surface area (Å²) in [5, 5.41) is 8.61. The number of nitrogens with two attached hydrogens (primary N) is 1. The third-order valence-corrected chi connectivity index (χ3v) is 2.67. The molecule has 4 nitrogen and oxygen atoms in total. The molecule has 0 saturated carbocycles. The molecule has 0 unspecified atom stereocenters. The first kappa shape index (κ1) is 18.6. The summed E-state index contributed by atoms with van der Waals surface area (Å²) in [6.07, 6.45) is 9.21. The molecule has 0 aliphatic carbocycles. The maximum absolute atomic E-state index is 10.5. The molecule has 0 aromatic rings. The minimum absolute atomic E-state index is 0.671. The van der Waals surface area contributed by atoms with Gasteiger partial charge in [0.05, 0.1) is 0 Å². The third kappa shape index (κ3) is 15.2. The van der Waals surface area contributed by atoms with Crippen molar-refractivity contribution in [1.82, 2.24) is 4.90 Å². The normalized spacial score (nSPS) is 9.41. The standard InChI is InChI=1S/C12H25NO2.CH5N/c1-3-4-5-6-7-8-9-10-11-13(2)12(14)15;1-2/h3-11H2,1-2H3,(H,14,15);2H2,1H3. The van der Waals surface area contributed by atoms with Crippen molar-refractivity contribution in [3.8, 4) is 0 Å². The van der Waals surface area contributed by atoms with Gasteiger partial charge in [-0.05, 0) is 13.5 Å². The second kappa shape index (κ2) is 15.2. The van der Waals surface area contributed by atoms with E-state index < -0.39 is 6.09 Å². The Morgan fingerprint density at radius 2 is 1.41 bits per heavy atom. The lowest BCUT2D eigenvalue weighted by molar-refractivity contribution is 0.155. The number of carbonyl (C=O) groups is 1. The molecule has 0 spiro atoms. The quantitative estimate of drug-likeness (QED) is 0.613. The molecule has 0 aliphatic heterocycles. The van der Waals surface area contributed by atoms with E-state index in [9.17, 15) is 4.79 Å². The predicted molar refractivity (Wildman–Crippen MR) is 73.4 cm³/mol. The van der Waals surface area contributed by atoms with Gasteiger partial charge in [-0.1, -0.05) is 51.9 Å². The Hall–Kier alpha value is -0.770. The van der Waals surface area contributed by atoms with Crippen molar-refractivity contribution in [2.24, 2.45) is 5.73 Å². The van der Waals surface area contributed by atoms with Crippen molar-refractivity contribution in [1.29, 1.82) is 0 Å². The molecule has 3 N–H and O–H groups in total. The van der Waals surface area contributed by atoms with Crippen LogP contribution >= 0.6 is 0 Å². The van der Waals surface area contributed by atoms with Gasteiger partial charge in [0.15, 0.2) is 0 Å². The highest BCUT2D eigenvalue weighted by molar-refractivity contribution is 5.64. The van der Waals surface area contributed by atoms with Crippen LogP contribution in [0.25, 0.3) is 0 Å². The molecule has 0 saturated heterocycles. The van der Waals surface area contributed by atoms with E-state index >= 15 is 0 Å². The van der Waals surface area contributed by atoms with Gasteiger partial charge in [-0.15, -0.1) is 0 Å². The zero-order valence-electron chi connectivity index (χ0n) is 11.7. The van der Waals surface area contributed by atoms with Gasteiger partial charge in [-0.3, -0.25) is 0 Å². The monoisotopic (exact) mass is 246 g/mol. The number of rotatable bonds is 9. The van der Waals surface area contributed by atoms with Gasteiger partial charge >= 0.3 is 6.09 Å². The van der Waals surface area contributed by atoms with E-state index in [2.05, 4.69) is 12.7 Å². The zero-order chi connectivity index (χ0) is 13.5. The molecule has 0 atom stereocenters. The van der Waals surface area contributed by atoms with Crippen molar-refractivity contribution < 1.29 is 9.90 Å². The van der Waals surface area contributed by atoms with Crippen LogP contribution in [0.15, 0.2) is 0 Å². The Morgan fingerprint density at radius 1 is 1.00 bits per heavy atom. The number of nitrogens with zero attached hydrogens (tertiary/aromatic N) is 1. The number of carboxylic acid groups (broad SMARTS) is 1. The minimum Gasteiger partial charge on any atom is -0.465 e. The van der Waals surface area contributed by atoms with Gasteiger partial charge in [0.25, 0.3) is 0 Å². The van der Waals surface area contributed by atoms with Gasteiger partial charge in [0.2, 0.25) is 0 Å². The Bertz CT molecular complexity index is 163. The van der Waals surface area contributed by atoms with Crippen molar-refractivity contribution in [3.63, 3.8) is 0 Å². The fourth-order valence-electron chi connectivity index (χ4n) is 1.58. The van der Waals surface area contributed by atoms with Crippen LogP contribution in [0.2, 0.25) is 0 Å². The number of amides is 1. The summed E-state index contributed by atoms with van der Waals surface area (Å²) in [6.45, 7) is 2.89. The summed E-state index contributed by atoms with van der Waals surface area (Å²) in [6, 6.07) is 0. The highest BCUT2D eigenvalue weighted by atomic mass is 16.4. The molecule has 0 radical (unpaired) electrons. The van der Waals surface area contributed by atoms with Gasteiger partial charge in [0, 0.05) is 13.6 Å². The lowest BCUT2D eigenvalue weighted by Gasteiger charge is -2.11. The van der Waals surface area contributed by atoms with Crippen LogP contribution in [0, 0.1) is 0 Å². The van der Waals surface area contributed by atoms with Gasteiger partial charge < -0.3 is 15.7 Å². The minimum atomic E-state index is -0.821. The van der Waals surface area contributed by atoms with Crippen molar-refractivity contribution in [2.75, 3.05) is 20.6 Å². The average Bonchev–Trinajstić information content (AvgIpc) is 2.34.